The van der Waals surface area contributed by atoms with Crippen molar-refractivity contribution >= 4 is 40.6 Å². The van der Waals surface area contributed by atoms with E-state index in [0.717, 1.165) is 10.8 Å². The summed E-state index contributed by atoms with van der Waals surface area (Å²) in [7, 11) is -1.98. The molecule has 2 aromatic heterocycles. The van der Waals surface area contributed by atoms with Crippen molar-refractivity contribution in [2.45, 2.75) is 12.4 Å². The molecule has 0 amide bonds. The zero-order valence-corrected chi connectivity index (χ0v) is 19.1. The smallest absolute Gasteiger partial charge is 0.416 e. The minimum Gasteiger partial charge on any atom is -0.464 e. The largest absolute Gasteiger partial charge is 0.464 e. The number of pyridine rings is 2. The van der Waals surface area contributed by atoms with Crippen LogP contribution in [-0.4, -0.2) is 9.97 Å². The lowest BCUT2D eigenvalue weighted by molar-refractivity contribution is -0.143. The molecule has 0 aliphatic rings. The summed E-state index contributed by atoms with van der Waals surface area (Å²) in [6.07, 6.45) is -6.87. The zero-order chi connectivity index (χ0) is 25.5. The van der Waals surface area contributed by atoms with Crippen LogP contribution in [0.3, 0.4) is 0 Å². The molecule has 36 heavy (non-hydrogen) atoms. The number of alkyl halides is 6. The van der Waals surface area contributed by atoms with Gasteiger partial charge in [0.1, 0.15) is 5.75 Å². The first kappa shape index (κ1) is 24.0. The molecule has 2 heterocycles. The van der Waals surface area contributed by atoms with Gasteiger partial charge >= 0.3 is 12.4 Å². The highest BCUT2D eigenvalue weighted by atomic mass is 31.1. The number of para-hydroxylation sites is 2. The van der Waals surface area contributed by atoms with Gasteiger partial charge in [-0.25, -0.2) is 0 Å². The maximum absolute atomic E-state index is 13.5. The summed E-state index contributed by atoms with van der Waals surface area (Å²) in [6.45, 7) is 0. The van der Waals surface area contributed by atoms with E-state index in [1.165, 1.54) is 0 Å². The molecule has 0 saturated heterocycles. The summed E-state index contributed by atoms with van der Waals surface area (Å²) >= 11 is 0. The number of nitrogens with zero attached hydrogens (tertiary/aromatic N) is 2. The lowest BCUT2D eigenvalue weighted by Crippen LogP contribution is -2.19. The standard InChI is InChI=1S/C26H15F6N2OP/c27-25(28,29)18-13-19(26(30,31)32)15-20(14-18)35-36(21-9-1-5-16-7-3-11-33-23(16)21)22-10-2-6-17-8-4-12-34-24(17)22/h1-15H. The Labute approximate surface area is 202 Å². The Morgan fingerprint density at radius 1 is 0.583 bits per heavy atom. The molecule has 0 spiro atoms. The number of fused-ring (bicyclic) bond motifs is 2. The van der Waals surface area contributed by atoms with Gasteiger partial charge in [0, 0.05) is 33.8 Å². The number of hydrogen-bond donors (Lipinski definition) is 0. The number of rotatable bonds is 4. The maximum atomic E-state index is 13.5. The van der Waals surface area contributed by atoms with Gasteiger partial charge in [-0.2, -0.15) is 26.3 Å². The Hall–Kier alpha value is -3.71. The molecule has 3 aromatic carbocycles. The Morgan fingerprint density at radius 3 is 1.47 bits per heavy atom. The van der Waals surface area contributed by atoms with E-state index in [2.05, 4.69) is 9.97 Å². The van der Waals surface area contributed by atoms with Gasteiger partial charge in [0.15, 0.2) is 8.15 Å². The van der Waals surface area contributed by atoms with Crippen LogP contribution < -0.4 is 15.1 Å². The highest BCUT2D eigenvalue weighted by molar-refractivity contribution is 7.69. The molecule has 10 heteroatoms. The molecule has 0 unspecified atom stereocenters. The first-order valence-electron chi connectivity index (χ1n) is 10.6. The van der Waals surface area contributed by atoms with Gasteiger partial charge in [0.05, 0.1) is 22.2 Å². The summed E-state index contributed by atoms with van der Waals surface area (Å²) in [5.41, 5.74) is -1.84. The van der Waals surface area contributed by atoms with Crippen LogP contribution in [0, 0.1) is 0 Å². The first-order valence-corrected chi connectivity index (χ1v) is 11.8. The highest BCUT2D eigenvalue weighted by Gasteiger charge is 2.37. The highest BCUT2D eigenvalue weighted by Crippen LogP contribution is 2.44. The third-order valence-electron chi connectivity index (χ3n) is 5.42. The zero-order valence-electron chi connectivity index (χ0n) is 18.2. The number of aromatic nitrogens is 2. The molecule has 0 aliphatic carbocycles. The van der Waals surface area contributed by atoms with Crippen molar-refractivity contribution in [2.75, 3.05) is 0 Å². The maximum Gasteiger partial charge on any atom is 0.416 e. The number of hydrogen-bond acceptors (Lipinski definition) is 3. The Balaban J connectivity index is 1.75. The molecule has 0 saturated carbocycles. The van der Waals surface area contributed by atoms with Crippen molar-refractivity contribution in [1.82, 2.24) is 9.97 Å². The van der Waals surface area contributed by atoms with Crippen molar-refractivity contribution < 1.29 is 30.9 Å². The first-order chi connectivity index (χ1) is 17.1. The Morgan fingerprint density at radius 2 is 1.03 bits per heavy atom. The SMILES string of the molecule is FC(F)(F)c1cc(OP(c2cccc3cccnc23)c2cccc3cccnc23)cc(C(F)(F)F)c1. The van der Waals surface area contributed by atoms with E-state index in [1.807, 2.05) is 24.3 Å². The molecule has 3 nitrogen and oxygen atoms in total. The molecular formula is C26H15F6N2OP. The minimum atomic E-state index is -5.00. The van der Waals surface area contributed by atoms with E-state index in [0.29, 0.717) is 33.8 Å². The average molecular weight is 516 g/mol. The molecule has 5 rings (SSSR count). The second kappa shape index (κ2) is 9.06. The van der Waals surface area contributed by atoms with Gasteiger partial charge in [-0.15, -0.1) is 0 Å². The topological polar surface area (TPSA) is 35.0 Å². The molecule has 0 aliphatic heterocycles. The Bertz CT molecular complexity index is 1450. The monoisotopic (exact) mass is 516 g/mol. The van der Waals surface area contributed by atoms with Crippen molar-refractivity contribution in [3.63, 3.8) is 0 Å². The Kier molecular flexibility index (Phi) is 6.04. The normalized spacial score (nSPS) is 12.4. The van der Waals surface area contributed by atoms with Gasteiger partial charge in [-0.1, -0.05) is 36.4 Å². The number of benzene rings is 3. The molecule has 0 fully saturated rings. The van der Waals surface area contributed by atoms with E-state index in [9.17, 15) is 26.3 Å². The molecule has 5 aromatic rings. The second-order valence-corrected chi connectivity index (χ2v) is 9.57. The van der Waals surface area contributed by atoms with Crippen molar-refractivity contribution in [3.8, 4) is 5.75 Å². The lowest BCUT2D eigenvalue weighted by atomic mass is 10.1. The molecule has 0 atom stereocenters. The van der Waals surface area contributed by atoms with Crippen molar-refractivity contribution in [1.29, 1.82) is 0 Å². The van der Waals surface area contributed by atoms with Crippen LogP contribution in [0.4, 0.5) is 26.3 Å². The van der Waals surface area contributed by atoms with Crippen LogP contribution in [-0.2, 0) is 12.4 Å². The van der Waals surface area contributed by atoms with Crippen LogP contribution in [0.15, 0.2) is 91.3 Å². The third kappa shape index (κ3) is 4.71. The van der Waals surface area contributed by atoms with Gasteiger partial charge in [-0.3, -0.25) is 9.97 Å². The van der Waals surface area contributed by atoms with Gasteiger partial charge in [0.2, 0.25) is 0 Å². The van der Waals surface area contributed by atoms with Crippen molar-refractivity contribution in [3.05, 3.63) is 102 Å². The minimum absolute atomic E-state index is 0.0774. The van der Waals surface area contributed by atoms with Crippen LogP contribution in [0.1, 0.15) is 11.1 Å². The van der Waals surface area contributed by atoms with E-state index in [-0.39, 0.29) is 6.07 Å². The van der Waals surface area contributed by atoms with Gasteiger partial charge in [0.25, 0.3) is 0 Å². The molecule has 0 bridgehead atoms. The van der Waals surface area contributed by atoms with Crippen LogP contribution in [0.5, 0.6) is 5.75 Å². The van der Waals surface area contributed by atoms with Gasteiger partial charge in [-0.05, 0) is 42.5 Å². The van der Waals surface area contributed by atoms with E-state index in [1.54, 1.807) is 48.8 Å². The summed E-state index contributed by atoms with van der Waals surface area (Å²) in [5.74, 6) is -0.552. The van der Waals surface area contributed by atoms with Crippen LogP contribution >= 0.6 is 8.15 Å². The molecule has 0 N–H and O–H groups in total. The quantitative estimate of drug-likeness (QED) is 0.187. The summed E-state index contributed by atoms with van der Waals surface area (Å²) in [6, 6.07) is 18.9. The predicted octanol–water partition coefficient (Wildman–Crippen LogP) is 7.25. The number of halogens is 6. The predicted molar refractivity (Wildman–Crippen MR) is 127 cm³/mol. The fourth-order valence-corrected chi connectivity index (χ4v) is 5.79. The van der Waals surface area contributed by atoms with E-state index >= 15 is 0 Å². The molecule has 0 radical (unpaired) electrons. The summed E-state index contributed by atoms with van der Waals surface area (Å²) in [4.78, 5) is 8.84. The van der Waals surface area contributed by atoms with E-state index in [4.69, 9.17) is 4.52 Å². The van der Waals surface area contributed by atoms with E-state index < -0.39 is 37.4 Å². The average Bonchev–Trinajstić information content (AvgIpc) is 2.85. The molecular weight excluding hydrogens is 501 g/mol. The van der Waals surface area contributed by atoms with Crippen LogP contribution in [0.2, 0.25) is 0 Å². The molecule has 182 valence electrons. The fourth-order valence-electron chi connectivity index (χ4n) is 3.82. The van der Waals surface area contributed by atoms with Crippen LogP contribution in [0.25, 0.3) is 21.8 Å². The second-order valence-electron chi connectivity index (χ2n) is 7.83. The van der Waals surface area contributed by atoms with Crippen molar-refractivity contribution in [2.24, 2.45) is 0 Å². The lowest BCUT2D eigenvalue weighted by Gasteiger charge is -2.23. The summed E-state index contributed by atoms with van der Waals surface area (Å²) < 4.78 is 87.0. The summed E-state index contributed by atoms with van der Waals surface area (Å²) in [5, 5.41) is 2.57. The fraction of sp³-hybridized carbons (Fsp3) is 0.0769. The van der Waals surface area contributed by atoms with Gasteiger partial charge < -0.3 is 4.52 Å². The third-order valence-corrected chi connectivity index (χ3v) is 7.41.